The number of benzene rings is 2. The van der Waals surface area contributed by atoms with Gasteiger partial charge in [0.15, 0.2) is 11.5 Å². The third kappa shape index (κ3) is 3.49. The summed E-state index contributed by atoms with van der Waals surface area (Å²) in [5.41, 5.74) is 0.00216. The van der Waals surface area contributed by atoms with Crippen LogP contribution in [0.15, 0.2) is 41.3 Å². The van der Waals surface area contributed by atoms with E-state index >= 15 is 0 Å². The molecule has 26 heavy (non-hydrogen) atoms. The van der Waals surface area contributed by atoms with Crippen LogP contribution in [0.2, 0.25) is 0 Å². The average Bonchev–Trinajstić information content (AvgIpc) is 2.61. The van der Waals surface area contributed by atoms with Crippen molar-refractivity contribution in [2.75, 3.05) is 32.6 Å². The summed E-state index contributed by atoms with van der Waals surface area (Å²) >= 11 is 0. The minimum atomic E-state index is -3.78. The van der Waals surface area contributed by atoms with Crippen molar-refractivity contribution in [3.05, 3.63) is 47.8 Å². The molecule has 0 atom stereocenters. The molecular formula is C17H17FN2O5S. The molecule has 0 aromatic heterocycles. The second-order valence-corrected chi connectivity index (χ2v) is 7.89. The van der Waals surface area contributed by atoms with E-state index in [0.29, 0.717) is 30.4 Å². The maximum atomic E-state index is 14.1. The van der Waals surface area contributed by atoms with E-state index in [-0.39, 0.29) is 10.5 Å². The molecule has 1 N–H and O–H groups in total. The molecule has 1 amide bonds. The highest BCUT2D eigenvalue weighted by molar-refractivity contribution is 7.89. The van der Waals surface area contributed by atoms with E-state index in [9.17, 15) is 17.6 Å². The van der Waals surface area contributed by atoms with Gasteiger partial charge in [0.2, 0.25) is 10.0 Å². The van der Waals surface area contributed by atoms with Crippen LogP contribution in [0.4, 0.5) is 10.1 Å². The van der Waals surface area contributed by atoms with Gasteiger partial charge in [-0.05, 0) is 30.3 Å². The molecule has 0 aliphatic carbocycles. The number of ether oxygens (including phenoxy) is 2. The number of halogens is 1. The van der Waals surface area contributed by atoms with Crippen molar-refractivity contribution in [1.29, 1.82) is 0 Å². The SMILES string of the molecule is CN(C)S(=O)(=O)c1ccc(F)c(C(=O)Nc2ccc3c(c2)OCCO3)c1. The molecule has 0 saturated carbocycles. The van der Waals surface area contributed by atoms with E-state index in [2.05, 4.69) is 5.32 Å². The highest BCUT2D eigenvalue weighted by Gasteiger charge is 2.22. The van der Waals surface area contributed by atoms with Gasteiger partial charge in [0.05, 0.1) is 10.5 Å². The highest BCUT2D eigenvalue weighted by Crippen LogP contribution is 2.32. The van der Waals surface area contributed by atoms with Gasteiger partial charge in [0, 0.05) is 25.8 Å². The van der Waals surface area contributed by atoms with E-state index in [1.54, 1.807) is 18.2 Å². The minimum absolute atomic E-state index is 0.170. The summed E-state index contributed by atoms with van der Waals surface area (Å²) < 4.78 is 50.2. The second-order valence-electron chi connectivity index (χ2n) is 5.74. The molecule has 1 heterocycles. The summed E-state index contributed by atoms with van der Waals surface area (Å²) in [6, 6.07) is 7.86. The average molecular weight is 380 g/mol. The number of carbonyl (C=O) groups is 1. The Bertz CT molecular complexity index is 960. The second kappa shape index (κ2) is 6.93. The number of hydrogen-bond acceptors (Lipinski definition) is 5. The lowest BCUT2D eigenvalue weighted by molar-refractivity contribution is 0.102. The van der Waals surface area contributed by atoms with Crippen LogP contribution in [-0.4, -0.2) is 45.9 Å². The molecule has 1 aliphatic heterocycles. The summed E-state index contributed by atoms with van der Waals surface area (Å²) in [4.78, 5) is 12.3. The summed E-state index contributed by atoms with van der Waals surface area (Å²) in [5, 5.41) is 2.53. The van der Waals surface area contributed by atoms with Gasteiger partial charge in [0.25, 0.3) is 5.91 Å². The lowest BCUT2D eigenvalue weighted by Gasteiger charge is -2.19. The standard InChI is InChI=1S/C17H17FN2O5S/c1-20(2)26(22,23)12-4-5-14(18)13(10-12)17(21)19-11-3-6-15-16(9-11)25-8-7-24-15/h3-6,9-10H,7-8H2,1-2H3,(H,19,21). The quantitative estimate of drug-likeness (QED) is 0.878. The van der Waals surface area contributed by atoms with Crippen molar-refractivity contribution in [2.24, 2.45) is 0 Å². The smallest absolute Gasteiger partial charge is 0.258 e. The van der Waals surface area contributed by atoms with Crippen LogP contribution in [0.5, 0.6) is 11.5 Å². The number of sulfonamides is 1. The van der Waals surface area contributed by atoms with Gasteiger partial charge in [-0.2, -0.15) is 0 Å². The number of fused-ring (bicyclic) bond motifs is 1. The Morgan fingerprint density at radius 2 is 1.77 bits per heavy atom. The number of rotatable bonds is 4. The number of anilines is 1. The van der Waals surface area contributed by atoms with Crippen molar-refractivity contribution in [2.45, 2.75) is 4.90 Å². The zero-order chi connectivity index (χ0) is 18.9. The first-order valence-electron chi connectivity index (χ1n) is 7.72. The van der Waals surface area contributed by atoms with Crippen LogP contribution in [0.25, 0.3) is 0 Å². The van der Waals surface area contributed by atoms with Crippen molar-refractivity contribution in [3.8, 4) is 11.5 Å². The molecule has 2 aromatic carbocycles. The number of nitrogens with one attached hydrogen (secondary N) is 1. The molecule has 1 aliphatic rings. The lowest BCUT2D eigenvalue weighted by atomic mass is 10.2. The molecule has 0 unspecified atom stereocenters. The summed E-state index contributed by atoms with van der Waals surface area (Å²) in [6.45, 7) is 0.834. The third-order valence-electron chi connectivity index (χ3n) is 3.76. The molecule has 3 rings (SSSR count). The molecule has 0 saturated heterocycles. The first-order valence-corrected chi connectivity index (χ1v) is 9.16. The fourth-order valence-electron chi connectivity index (χ4n) is 2.37. The third-order valence-corrected chi connectivity index (χ3v) is 5.57. The highest BCUT2D eigenvalue weighted by atomic mass is 32.2. The predicted octanol–water partition coefficient (Wildman–Crippen LogP) is 2.10. The topological polar surface area (TPSA) is 84.9 Å². The Kier molecular flexibility index (Phi) is 4.84. The molecule has 138 valence electrons. The lowest BCUT2D eigenvalue weighted by Crippen LogP contribution is -2.23. The van der Waals surface area contributed by atoms with Crippen molar-refractivity contribution >= 4 is 21.6 Å². The van der Waals surface area contributed by atoms with Crippen LogP contribution in [0.3, 0.4) is 0 Å². The Balaban J connectivity index is 1.88. The van der Waals surface area contributed by atoms with E-state index in [0.717, 1.165) is 22.5 Å². The van der Waals surface area contributed by atoms with E-state index in [1.165, 1.54) is 14.1 Å². The Morgan fingerprint density at radius 1 is 1.08 bits per heavy atom. The van der Waals surface area contributed by atoms with Crippen molar-refractivity contribution in [1.82, 2.24) is 4.31 Å². The van der Waals surface area contributed by atoms with Gasteiger partial charge in [0.1, 0.15) is 19.0 Å². The monoisotopic (exact) mass is 380 g/mol. The molecule has 0 radical (unpaired) electrons. The van der Waals surface area contributed by atoms with Crippen molar-refractivity contribution < 1.29 is 27.1 Å². The number of nitrogens with zero attached hydrogens (tertiary/aromatic N) is 1. The number of amides is 1. The maximum Gasteiger partial charge on any atom is 0.258 e. The van der Waals surface area contributed by atoms with E-state index in [1.807, 2.05) is 0 Å². The van der Waals surface area contributed by atoms with Gasteiger partial charge in [-0.15, -0.1) is 0 Å². The fourth-order valence-corrected chi connectivity index (χ4v) is 3.30. The van der Waals surface area contributed by atoms with E-state index < -0.39 is 21.7 Å². The zero-order valence-electron chi connectivity index (χ0n) is 14.2. The summed E-state index contributed by atoms with van der Waals surface area (Å²) in [5.74, 6) is -0.564. The van der Waals surface area contributed by atoms with Crippen LogP contribution in [0.1, 0.15) is 10.4 Å². The number of carbonyl (C=O) groups excluding carboxylic acids is 1. The normalized spacial score (nSPS) is 13.5. The van der Waals surface area contributed by atoms with E-state index in [4.69, 9.17) is 9.47 Å². The fraction of sp³-hybridized carbons (Fsp3) is 0.235. The molecule has 0 bridgehead atoms. The van der Waals surface area contributed by atoms with Gasteiger partial charge in [-0.25, -0.2) is 17.1 Å². The molecule has 0 spiro atoms. The van der Waals surface area contributed by atoms with Gasteiger partial charge in [-0.3, -0.25) is 4.79 Å². The Hall–Kier alpha value is -2.65. The minimum Gasteiger partial charge on any atom is -0.486 e. The summed E-state index contributed by atoms with van der Waals surface area (Å²) in [7, 11) is -1.07. The Labute approximate surface area is 150 Å². The van der Waals surface area contributed by atoms with Crippen LogP contribution in [-0.2, 0) is 10.0 Å². The maximum absolute atomic E-state index is 14.1. The van der Waals surface area contributed by atoms with Gasteiger partial charge < -0.3 is 14.8 Å². The predicted molar refractivity (Wildman–Crippen MR) is 92.7 cm³/mol. The summed E-state index contributed by atoms with van der Waals surface area (Å²) in [6.07, 6.45) is 0. The first-order chi connectivity index (χ1) is 12.3. The van der Waals surface area contributed by atoms with Crippen LogP contribution in [0, 0.1) is 5.82 Å². The zero-order valence-corrected chi connectivity index (χ0v) is 15.0. The molecular weight excluding hydrogens is 363 g/mol. The molecule has 7 nitrogen and oxygen atoms in total. The first kappa shape index (κ1) is 18.2. The van der Waals surface area contributed by atoms with Gasteiger partial charge >= 0.3 is 0 Å². The van der Waals surface area contributed by atoms with Crippen LogP contribution < -0.4 is 14.8 Å². The molecule has 9 heteroatoms. The molecule has 2 aromatic rings. The van der Waals surface area contributed by atoms with Crippen molar-refractivity contribution in [3.63, 3.8) is 0 Å². The largest absolute Gasteiger partial charge is 0.486 e. The van der Waals surface area contributed by atoms with Crippen LogP contribution >= 0.6 is 0 Å². The molecule has 0 fully saturated rings. The Morgan fingerprint density at radius 3 is 2.46 bits per heavy atom. The number of hydrogen-bond donors (Lipinski definition) is 1. The van der Waals surface area contributed by atoms with Gasteiger partial charge in [-0.1, -0.05) is 0 Å².